The summed E-state index contributed by atoms with van der Waals surface area (Å²) in [5.41, 5.74) is 3.79. The summed E-state index contributed by atoms with van der Waals surface area (Å²) in [4.78, 5) is 8.59. The van der Waals surface area contributed by atoms with Crippen LogP contribution in [0.2, 0.25) is 0 Å². The molecule has 0 bridgehead atoms. The second-order valence-electron chi connectivity index (χ2n) is 6.70. The maximum atomic E-state index is 14.9. The third kappa shape index (κ3) is 2.68. The molecule has 3 heterocycles. The Kier molecular flexibility index (Phi) is 3.79. The molecular weight excluding hydrogens is 353 g/mol. The third-order valence-electron chi connectivity index (χ3n) is 4.98. The lowest BCUT2D eigenvalue weighted by Crippen LogP contribution is -2.00. The summed E-state index contributed by atoms with van der Waals surface area (Å²) in [5, 5.41) is 12.0. The third-order valence-corrected chi connectivity index (χ3v) is 4.98. The molecule has 0 fully saturated rings. The van der Waals surface area contributed by atoms with Gasteiger partial charge in [-0.2, -0.15) is 0 Å². The zero-order valence-corrected chi connectivity index (χ0v) is 14.9. The molecule has 0 aliphatic carbocycles. The van der Waals surface area contributed by atoms with Crippen molar-refractivity contribution in [2.45, 2.75) is 6.54 Å². The van der Waals surface area contributed by atoms with E-state index in [1.54, 1.807) is 41.4 Å². The fraction of sp³-hybridized carbons (Fsp3) is 0.0435. The number of rotatable bonds is 3. The quantitative estimate of drug-likeness (QED) is 0.479. The number of aromatic nitrogens is 3. The number of hydrogen-bond acceptors (Lipinski definition) is 3. The van der Waals surface area contributed by atoms with Crippen molar-refractivity contribution >= 4 is 21.8 Å². The highest BCUT2D eigenvalue weighted by atomic mass is 19.1. The summed E-state index contributed by atoms with van der Waals surface area (Å²) >= 11 is 0. The number of pyridine rings is 2. The van der Waals surface area contributed by atoms with Gasteiger partial charge in [0.15, 0.2) is 0 Å². The molecule has 0 aliphatic heterocycles. The van der Waals surface area contributed by atoms with Crippen LogP contribution in [0.25, 0.3) is 32.9 Å². The molecule has 0 saturated heterocycles. The number of aromatic hydroxyl groups is 1. The van der Waals surface area contributed by atoms with Gasteiger partial charge >= 0.3 is 0 Å². The molecule has 0 amide bonds. The molecule has 0 spiro atoms. The molecule has 1 N–H and O–H groups in total. The van der Waals surface area contributed by atoms with Crippen molar-refractivity contribution in [1.29, 1.82) is 0 Å². The molecule has 2 aromatic carbocycles. The van der Waals surface area contributed by atoms with Crippen molar-refractivity contribution in [3.05, 3.63) is 90.6 Å². The van der Waals surface area contributed by atoms with E-state index in [-0.39, 0.29) is 18.2 Å². The van der Waals surface area contributed by atoms with Crippen molar-refractivity contribution in [3.8, 4) is 17.0 Å². The highest BCUT2D eigenvalue weighted by molar-refractivity contribution is 5.94. The normalized spacial score (nSPS) is 11.3. The van der Waals surface area contributed by atoms with E-state index in [9.17, 15) is 9.50 Å². The summed E-state index contributed by atoms with van der Waals surface area (Å²) in [6.45, 7) is 0.228. The molecular formula is C23H16FN3O. The molecule has 28 heavy (non-hydrogen) atoms. The molecule has 4 nitrogen and oxygen atoms in total. The fourth-order valence-electron chi connectivity index (χ4n) is 3.58. The zero-order chi connectivity index (χ0) is 19.1. The summed E-state index contributed by atoms with van der Waals surface area (Å²) in [6, 6.07) is 18.5. The topological polar surface area (TPSA) is 50.9 Å². The lowest BCUT2D eigenvalue weighted by molar-refractivity contribution is 0.428. The molecule has 0 atom stereocenters. The minimum absolute atomic E-state index is 0.0895. The van der Waals surface area contributed by atoms with Crippen molar-refractivity contribution in [2.75, 3.05) is 0 Å². The molecule has 0 aliphatic rings. The van der Waals surface area contributed by atoms with Gasteiger partial charge in [0, 0.05) is 29.5 Å². The molecule has 0 saturated carbocycles. The molecule has 5 aromatic rings. The average molecular weight is 369 g/mol. The highest BCUT2D eigenvalue weighted by Crippen LogP contribution is 2.30. The Hall–Kier alpha value is -3.73. The first-order valence-electron chi connectivity index (χ1n) is 8.96. The highest BCUT2D eigenvalue weighted by Gasteiger charge is 2.12. The van der Waals surface area contributed by atoms with Gasteiger partial charge in [-0.05, 0) is 41.5 Å². The van der Waals surface area contributed by atoms with E-state index >= 15 is 0 Å². The van der Waals surface area contributed by atoms with Gasteiger partial charge < -0.3 is 9.67 Å². The van der Waals surface area contributed by atoms with Crippen LogP contribution in [0.15, 0.2) is 79.3 Å². The van der Waals surface area contributed by atoms with Crippen molar-refractivity contribution in [3.63, 3.8) is 0 Å². The zero-order valence-electron chi connectivity index (χ0n) is 14.9. The first-order chi connectivity index (χ1) is 13.7. The van der Waals surface area contributed by atoms with Gasteiger partial charge in [-0.25, -0.2) is 4.39 Å². The Bertz CT molecular complexity index is 1320. The largest absolute Gasteiger partial charge is 0.494 e. The maximum absolute atomic E-state index is 14.9. The SMILES string of the molecule is Oc1c2cccnc2cn1Cc1ccc(-c2cccc3ncccc23)cc1F. The fourth-order valence-corrected chi connectivity index (χ4v) is 3.58. The minimum atomic E-state index is -0.316. The first kappa shape index (κ1) is 16.4. The Balaban J connectivity index is 1.54. The Labute approximate surface area is 160 Å². The molecule has 0 radical (unpaired) electrons. The number of halogens is 1. The minimum Gasteiger partial charge on any atom is -0.494 e. The van der Waals surface area contributed by atoms with Gasteiger partial charge in [-0.15, -0.1) is 0 Å². The summed E-state index contributed by atoms with van der Waals surface area (Å²) in [7, 11) is 0. The number of fused-ring (bicyclic) bond motifs is 2. The number of nitrogens with zero attached hydrogens (tertiary/aromatic N) is 3. The van der Waals surface area contributed by atoms with Gasteiger partial charge in [0.2, 0.25) is 5.88 Å². The Morgan fingerprint density at radius 1 is 0.857 bits per heavy atom. The standard InChI is InChI=1S/C23H16FN3O/c24-20-12-15(17-4-1-7-21-18(17)5-2-10-25-21)8-9-16(20)13-27-14-22-19(23(27)28)6-3-11-26-22/h1-12,14,28H,13H2. The molecule has 136 valence electrons. The van der Waals surface area contributed by atoms with Gasteiger partial charge in [-0.3, -0.25) is 9.97 Å². The molecule has 3 aromatic heterocycles. The lowest BCUT2D eigenvalue weighted by atomic mass is 9.99. The Morgan fingerprint density at radius 3 is 2.43 bits per heavy atom. The van der Waals surface area contributed by atoms with Gasteiger partial charge in [0.1, 0.15) is 5.82 Å². The van der Waals surface area contributed by atoms with Gasteiger partial charge in [0.05, 0.1) is 23.0 Å². The smallest absolute Gasteiger partial charge is 0.201 e. The van der Waals surface area contributed by atoms with E-state index in [2.05, 4.69) is 9.97 Å². The van der Waals surface area contributed by atoms with Crippen LogP contribution >= 0.6 is 0 Å². The van der Waals surface area contributed by atoms with Crippen molar-refractivity contribution < 1.29 is 9.50 Å². The summed E-state index contributed by atoms with van der Waals surface area (Å²) in [6.07, 6.45) is 5.15. The van der Waals surface area contributed by atoms with E-state index < -0.39 is 0 Å². The summed E-state index contributed by atoms with van der Waals surface area (Å²) < 4.78 is 16.5. The van der Waals surface area contributed by atoms with E-state index in [1.807, 2.05) is 36.4 Å². The van der Waals surface area contributed by atoms with Gasteiger partial charge in [-0.1, -0.05) is 30.3 Å². The molecule has 5 heteroatoms. The van der Waals surface area contributed by atoms with E-state index in [0.29, 0.717) is 16.5 Å². The lowest BCUT2D eigenvalue weighted by Gasteiger charge is -2.10. The van der Waals surface area contributed by atoms with Crippen LogP contribution in [0.3, 0.4) is 0 Å². The van der Waals surface area contributed by atoms with Crippen LogP contribution < -0.4 is 0 Å². The monoisotopic (exact) mass is 369 g/mol. The van der Waals surface area contributed by atoms with E-state index in [0.717, 1.165) is 22.0 Å². The molecule has 0 unspecified atom stereocenters. The van der Waals surface area contributed by atoms with Crippen LogP contribution in [-0.4, -0.2) is 19.6 Å². The summed E-state index contributed by atoms with van der Waals surface area (Å²) in [5.74, 6) is -0.227. The second kappa shape index (κ2) is 6.46. The van der Waals surface area contributed by atoms with E-state index in [1.165, 1.54) is 6.07 Å². The first-order valence-corrected chi connectivity index (χ1v) is 8.96. The van der Waals surface area contributed by atoms with Crippen LogP contribution in [0.4, 0.5) is 4.39 Å². The van der Waals surface area contributed by atoms with Crippen LogP contribution in [0.1, 0.15) is 5.56 Å². The second-order valence-corrected chi connectivity index (χ2v) is 6.70. The van der Waals surface area contributed by atoms with Crippen LogP contribution in [0.5, 0.6) is 5.88 Å². The van der Waals surface area contributed by atoms with E-state index in [4.69, 9.17) is 0 Å². The van der Waals surface area contributed by atoms with Gasteiger partial charge in [0.25, 0.3) is 0 Å². The maximum Gasteiger partial charge on any atom is 0.201 e. The number of benzene rings is 2. The Morgan fingerprint density at radius 2 is 1.64 bits per heavy atom. The van der Waals surface area contributed by atoms with Crippen LogP contribution in [0, 0.1) is 5.82 Å². The molecule has 5 rings (SSSR count). The van der Waals surface area contributed by atoms with Crippen molar-refractivity contribution in [1.82, 2.24) is 14.5 Å². The van der Waals surface area contributed by atoms with Crippen LogP contribution in [-0.2, 0) is 6.54 Å². The predicted octanol–water partition coefficient (Wildman–Crippen LogP) is 5.14. The predicted molar refractivity (Wildman–Crippen MR) is 108 cm³/mol. The number of hydrogen-bond donors (Lipinski definition) is 1. The average Bonchev–Trinajstić information content (AvgIpc) is 3.05. The van der Waals surface area contributed by atoms with Crippen molar-refractivity contribution in [2.24, 2.45) is 0 Å².